The van der Waals surface area contributed by atoms with E-state index in [9.17, 15) is 8.42 Å². The second-order valence-corrected chi connectivity index (χ2v) is 5.58. The Bertz CT molecular complexity index is 602. The highest BCUT2D eigenvalue weighted by atomic mass is 35.5. The van der Waals surface area contributed by atoms with Crippen LogP contribution in [-0.2, 0) is 10.0 Å². The molecule has 1 aromatic heterocycles. The van der Waals surface area contributed by atoms with E-state index in [2.05, 4.69) is 4.98 Å². The van der Waals surface area contributed by atoms with Crippen molar-refractivity contribution in [2.75, 3.05) is 0 Å². The molecule has 1 heterocycles. The van der Waals surface area contributed by atoms with Gasteiger partial charge in [0.25, 0.3) is 10.0 Å². The molecule has 0 saturated carbocycles. The molecule has 0 atom stereocenters. The molecule has 1 aromatic carbocycles. The molecule has 2 aromatic rings. The number of halogens is 1. The molecule has 0 fully saturated rings. The van der Waals surface area contributed by atoms with Crippen LogP contribution in [0.25, 0.3) is 0 Å². The van der Waals surface area contributed by atoms with Gasteiger partial charge in [-0.15, -0.1) is 0 Å². The first-order valence-corrected chi connectivity index (χ1v) is 6.34. The number of nitrogens with zero attached hydrogens (tertiary/aromatic N) is 2. The maximum atomic E-state index is 12.0. The van der Waals surface area contributed by atoms with Crippen molar-refractivity contribution in [1.29, 1.82) is 0 Å². The Morgan fingerprint density at radius 1 is 1.25 bits per heavy atom. The van der Waals surface area contributed by atoms with Gasteiger partial charge in [-0.1, -0.05) is 11.6 Å². The van der Waals surface area contributed by atoms with Crippen LogP contribution < -0.4 is 0 Å². The van der Waals surface area contributed by atoms with Crippen LogP contribution in [0.5, 0.6) is 0 Å². The minimum Gasteiger partial charge on any atom is -0.241 e. The predicted octanol–water partition coefficient (Wildman–Crippen LogP) is 2.08. The van der Waals surface area contributed by atoms with Gasteiger partial charge in [-0.05, 0) is 31.2 Å². The van der Waals surface area contributed by atoms with E-state index in [1.165, 1.54) is 36.8 Å². The van der Waals surface area contributed by atoms with Crippen molar-refractivity contribution in [3.8, 4) is 0 Å². The standard InChI is InChI=1S/C10H9ClN2O2S/c1-8-6-13(7-12-8)16(14,15)10-4-2-9(11)3-5-10/h2-7H,1H3. The average molecular weight is 257 g/mol. The Kier molecular flexibility index (Phi) is 2.73. The molecule has 0 aliphatic rings. The van der Waals surface area contributed by atoms with E-state index in [0.717, 1.165) is 3.97 Å². The van der Waals surface area contributed by atoms with Gasteiger partial charge in [0.2, 0.25) is 0 Å². The van der Waals surface area contributed by atoms with Gasteiger partial charge in [0, 0.05) is 11.2 Å². The third kappa shape index (κ3) is 1.96. The van der Waals surface area contributed by atoms with Gasteiger partial charge >= 0.3 is 0 Å². The number of rotatable bonds is 2. The number of benzene rings is 1. The average Bonchev–Trinajstić information content (AvgIpc) is 2.66. The first-order valence-electron chi connectivity index (χ1n) is 4.52. The van der Waals surface area contributed by atoms with Crippen molar-refractivity contribution < 1.29 is 8.42 Å². The SMILES string of the molecule is Cc1cn(S(=O)(=O)c2ccc(Cl)cc2)cn1. The summed E-state index contributed by atoms with van der Waals surface area (Å²) in [6, 6.07) is 6.01. The van der Waals surface area contributed by atoms with E-state index in [1.807, 2.05) is 0 Å². The zero-order valence-electron chi connectivity index (χ0n) is 8.46. The summed E-state index contributed by atoms with van der Waals surface area (Å²) in [5.74, 6) is 0. The van der Waals surface area contributed by atoms with Crippen LogP contribution in [0, 0.1) is 6.92 Å². The highest BCUT2D eigenvalue weighted by Gasteiger charge is 2.16. The maximum Gasteiger partial charge on any atom is 0.268 e. The third-order valence-electron chi connectivity index (χ3n) is 2.08. The van der Waals surface area contributed by atoms with Crippen LogP contribution in [0.15, 0.2) is 41.7 Å². The Balaban J connectivity index is 2.51. The summed E-state index contributed by atoms with van der Waals surface area (Å²) in [6.45, 7) is 1.73. The Labute approximate surface area is 98.6 Å². The summed E-state index contributed by atoms with van der Waals surface area (Å²) in [7, 11) is -3.54. The first kappa shape index (κ1) is 11.2. The van der Waals surface area contributed by atoms with Crippen LogP contribution in [0.2, 0.25) is 5.02 Å². The molecule has 0 unspecified atom stereocenters. The van der Waals surface area contributed by atoms with Crippen LogP contribution in [0.4, 0.5) is 0 Å². The van der Waals surface area contributed by atoms with Crippen LogP contribution in [0.3, 0.4) is 0 Å². The zero-order valence-corrected chi connectivity index (χ0v) is 10.0. The van der Waals surface area contributed by atoms with Gasteiger partial charge in [0.15, 0.2) is 0 Å². The topological polar surface area (TPSA) is 52.0 Å². The summed E-state index contributed by atoms with van der Waals surface area (Å²) in [5.41, 5.74) is 0.650. The van der Waals surface area contributed by atoms with Gasteiger partial charge in [0.1, 0.15) is 6.33 Å². The quantitative estimate of drug-likeness (QED) is 0.827. The lowest BCUT2D eigenvalue weighted by Gasteiger charge is -2.04. The van der Waals surface area contributed by atoms with Gasteiger partial charge < -0.3 is 0 Å². The van der Waals surface area contributed by atoms with Crippen LogP contribution >= 0.6 is 11.6 Å². The van der Waals surface area contributed by atoms with Gasteiger partial charge in [-0.3, -0.25) is 0 Å². The first-order chi connectivity index (χ1) is 7.50. The zero-order chi connectivity index (χ0) is 11.8. The maximum absolute atomic E-state index is 12.0. The van der Waals surface area contributed by atoms with Crippen molar-refractivity contribution in [3.63, 3.8) is 0 Å². The van der Waals surface area contributed by atoms with Crippen molar-refractivity contribution in [3.05, 3.63) is 47.5 Å². The lowest BCUT2D eigenvalue weighted by atomic mass is 10.4. The van der Waals surface area contributed by atoms with E-state index in [0.29, 0.717) is 10.7 Å². The molecule has 0 bridgehead atoms. The number of hydrogen-bond acceptors (Lipinski definition) is 3. The number of aromatic nitrogens is 2. The van der Waals surface area contributed by atoms with Gasteiger partial charge in [-0.2, -0.15) is 0 Å². The Morgan fingerprint density at radius 2 is 1.88 bits per heavy atom. The predicted molar refractivity (Wildman–Crippen MR) is 61.0 cm³/mol. The highest BCUT2D eigenvalue weighted by Crippen LogP contribution is 2.16. The van der Waals surface area contributed by atoms with Crippen LogP contribution in [0.1, 0.15) is 5.69 Å². The molecule has 0 N–H and O–H groups in total. The molecule has 4 nitrogen and oxygen atoms in total. The number of aryl methyl sites for hydroxylation is 1. The number of imidazole rings is 1. The molecule has 6 heteroatoms. The van der Waals surface area contributed by atoms with E-state index in [4.69, 9.17) is 11.6 Å². The largest absolute Gasteiger partial charge is 0.268 e. The second-order valence-electron chi connectivity index (χ2n) is 3.30. The molecule has 84 valence electrons. The fraction of sp³-hybridized carbons (Fsp3) is 0.100. The molecule has 0 aliphatic heterocycles. The number of hydrogen-bond donors (Lipinski definition) is 0. The summed E-state index contributed by atoms with van der Waals surface area (Å²) in [5, 5.41) is 0.501. The fourth-order valence-corrected chi connectivity index (χ4v) is 2.57. The molecule has 0 amide bonds. The summed E-state index contributed by atoms with van der Waals surface area (Å²) < 4.78 is 25.2. The molecular formula is C10H9ClN2O2S. The van der Waals surface area contributed by atoms with Gasteiger partial charge in [-0.25, -0.2) is 17.4 Å². The van der Waals surface area contributed by atoms with Crippen molar-refractivity contribution in [2.45, 2.75) is 11.8 Å². The smallest absolute Gasteiger partial charge is 0.241 e. The van der Waals surface area contributed by atoms with E-state index < -0.39 is 10.0 Å². The normalized spacial score (nSPS) is 11.6. The molecular weight excluding hydrogens is 248 g/mol. The summed E-state index contributed by atoms with van der Waals surface area (Å²) in [4.78, 5) is 4.07. The Hall–Kier alpha value is -1.33. The summed E-state index contributed by atoms with van der Waals surface area (Å²) >= 11 is 5.70. The van der Waals surface area contributed by atoms with Crippen LogP contribution in [-0.4, -0.2) is 17.4 Å². The molecule has 2 rings (SSSR count). The van der Waals surface area contributed by atoms with Crippen molar-refractivity contribution >= 4 is 21.6 Å². The van der Waals surface area contributed by atoms with E-state index in [-0.39, 0.29) is 4.90 Å². The Morgan fingerprint density at radius 3 is 2.38 bits per heavy atom. The van der Waals surface area contributed by atoms with E-state index in [1.54, 1.807) is 6.92 Å². The highest BCUT2D eigenvalue weighted by molar-refractivity contribution is 7.90. The molecule has 0 radical (unpaired) electrons. The fourth-order valence-electron chi connectivity index (χ4n) is 1.26. The molecule has 0 saturated heterocycles. The second kappa shape index (κ2) is 3.92. The monoisotopic (exact) mass is 256 g/mol. The summed E-state index contributed by atoms with van der Waals surface area (Å²) in [6.07, 6.45) is 2.74. The third-order valence-corrected chi connectivity index (χ3v) is 3.95. The van der Waals surface area contributed by atoms with Crippen molar-refractivity contribution in [2.24, 2.45) is 0 Å². The van der Waals surface area contributed by atoms with Crippen molar-refractivity contribution in [1.82, 2.24) is 8.96 Å². The lowest BCUT2D eigenvalue weighted by molar-refractivity contribution is 0.587. The lowest BCUT2D eigenvalue weighted by Crippen LogP contribution is -2.10. The minimum atomic E-state index is -3.54. The van der Waals surface area contributed by atoms with E-state index >= 15 is 0 Å². The minimum absolute atomic E-state index is 0.189. The molecule has 0 aliphatic carbocycles. The van der Waals surface area contributed by atoms with Gasteiger partial charge in [0.05, 0.1) is 10.6 Å². The molecule has 16 heavy (non-hydrogen) atoms. The molecule has 0 spiro atoms.